The Morgan fingerprint density at radius 1 is 1.12 bits per heavy atom. The zero-order chi connectivity index (χ0) is 17.9. The Kier molecular flexibility index (Phi) is 4.84. The predicted molar refractivity (Wildman–Crippen MR) is 79.8 cm³/mol. The lowest BCUT2D eigenvalue weighted by molar-refractivity contribution is -0.138. The first-order valence-corrected chi connectivity index (χ1v) is 6.69. The van der Waals surface area contributed by atoms with Crippen LogP contribution in [0.4, 0.5) is 18.9 Å². The van der Waals surface area contributed by atoms with Crippen LogP contribution in [0.25, 0.3) is 0 Å². The van der Waals surface area contributed by atoms with Crippen LogP contribution < -0.4 is 17.0 Å². The molecule has 1 amide bonds. The Morgan fingerprint density at radius 2 is 1.75 bits per heavy atom. The minimum atomic E-state index is -4.85. The third-order valence-electron chi connectivity index (χ3n) is 3.18. The van der Waals surface area contributed by atoms with Crippen molar-refractivity contribution in [3.05, 3.63) is 58.9 Å². The number of carbonyl (C=O) groups is 2. The molecule has 0 spiro atoms. The molecule has 0 atom stereocenters. The van der Waals surface area contributed by atoms with Crippen molar-refractivity contribution in [2.45, 2.75) is 12.6 Å². The van der Waals surface area contributed by atoms with Gasteiger partial charge in [0, 0.05) is 6.42 Å². The van der Waals surface area contributed by atoms with Crippen LogP contribution in [0.5, 0.6) is 0 Å². The molecule has 126 valence electrons. The van der Waals surface area contributed by atoms with Crippen molar-refractivity contribution in [1.29, 1.82) is 0 Å². The number of hydrogen-bond donors (Lipinski definition) is 3. The number of halogens is 3. The number of nitrogens with two attached hydrogens (primary N) is 2. The smallest absolute Gasteiger partial charge is 0.397 e. The van der Waals surface area contributed by atoms with E-state index in [-0.39, 0.29) is 6.42 Å². The highest BCUT2D eigenvalue weighted by Gasteiger charge is 2.37. The molecule has 6 nitrogen and oxygen atoms in total. The highest BCUT2D eigenvalue weighted by molar-refractivity contribution is 6.01. The molecule has 0 bridgehead atoms. The number of nitrogens with zero attached hydrogens (tertiary/aromatic N) is 1. The molecule has 1 heterocycles. The van der Waals surface area contributed by atoms with E-state index in [4.69, 9.17) is 11.6 Å². The summed E-state index contributed by atoms with van der Waals surface area (Å²) < 4.78 is 39.5. The van der Waals surface area contributed by atoms with Crippen molar-refractivity contribution in [2.24, 2.45) is 5.84 Å². The summed E-state index contributed by atoms with van der Waals surface area (Å²) in [7, 11) is 0. The van der Waals surface area contributed by atoms with E-state index in [1.807, 2.05) is 0 Å². The SMILES string of the molecule is NNC(=O)c1nc(C(=O)Cc2ccccc2)c(C(F)(F)F)cc1N. The van der Waals surface area contributed by atoms with Gasteiger partial charge in [-0.2, -0.15) is 13.2 Å². The zero-order valence-corrected chi connectivity index (χ0v) is 12.2. The molecule has 1 aromatic carbocycles. The first kappa shape index (κ1) is 17.4. The maximum atomic E-state index is 13.2. The number of ketones is 1. The number of alkyl halides is 3. The fraction of sp³-hybridized carbons (Fsp3) is 0.133. The number of Topliss-reactive ketones (excluding diaryl/α,β-unsaturated/α-hetero) is 1. The standard InChI is InChI=1S/C15H13F3N4O2/c16-15(17,18)9-7-10(19)13(14(24)22-20)21-12(9)11(23)6-8-4-2-1-3-5-8/h1-5,7H,6,19-20H2,(H,22,24). The second kappa shape index (κ2) is 6.67. The Morgan fingerprint density at radius 3 is 2.29 bits per heavy atom. The third-order valence-corrected chi connectivity index (χ3v) is 3.18. The molecule has 2 rings (SSSR count). The summed E-state index contributed by atoms with van der Waals surface area (Å²) in [4.78, 5) is 27.4. The average Bonchev–Trinajstić information content (AvgIpc) is 2.53. The van der Waals surface area contributed by atoms with Gasteiger partial charge >= 0.3 is 6.18 Å². The molecule has 1 aromatic heterocycles. The molecular formula is C15H13F3N4O2. The largest absolute Gasteiger partial charge is 0.418 e. The number of pyridine rings is 1. The van der Waals surface area contributed by atoms with Gasteiger partial charge in [0.05, 0.1) is 11.3 Å². The summed E-state index contributed by atoms with van der Waals surface area (Å²) in [6.45, 7) is 0. The first-order chi connectivity index (χ1) is 11.2. The van der Waals surface area contributed by atoms with E-state index in [2.05, 4.69) is 4.98 Å². The fourth-order valence-electron chi connectivity index (χ4n) is 2.07. The average molecular weight is 338 g/mol. The normalized spacial score (nSPS) is 11.2. The molecule has 0 aliphatic heterocycles. The summed E-state index contributed by atoms with van der Waals surface area (Å²) in [5, 5.41) is 0. The summed E-state index contributed by atoms with van der Waals surface area (Å²) in [5.74, 6) is 3.06. The molecule has 9 heteroatoms. The van der Waals surface area contributed by atoms with Crippen molar-refractivity contribution in [3.63, 3.8) is 0 Å². The molecular weight excluding hydrogens is 325 g/mol. The monoisotopic (exact) mass is 338 g/mol. The van der Waals surface area contributed by atoms with Crippen molar-refractivity contribution >= 4 is 17.4 Å². The van der Waals surface area contributed by atoms with Gasteiger partial charge in [-0.1, -0.05) is 30.3 Å². The number of carbonyl (C=O) groups excluding carboxylic acids is 2. The van der Waals surface area contributed by atoms with Crippen LogP contribution in [0.15, 0.2) is 36.4 Å². The van der Waals surface area contributed by atoms with E-state index in [0.29, 0.717) is 11.6 Å². The molecule has 2 aromatic rings. The third kappa shape index (κ3) is 3.69. The van der Waals surface area contributed by atoms with Crippen molar-refractivity contribution in [2.75, 3.05) is 5.73 Å². The number of rotatable bonds is 4. The maximum Gasteiger partial charge on any atom is 0.418 e. The molecule has 0 saturated carbocycles. The number of nitrogens with one attached hydrogen (secondary N) is 1. The molecule has 24 heavy (non-hydrogen) atoms. The van der Waals surface area contributed by atoms with Crippen molar-refractivity contribution < 1.29 is 22.8 Å². The van der Waals surface area contributed by atoms with Gasteiger partial charge in [-0.3, -0.25) is 15.0 Å². The fourth-order valence-corrected chi connectivity index (χ4v) is 2.07. The maximum absolute atomic E-state index is 13.2. The van der Waals surface area contributed by atoms with Crippen LogP contribution in [0, 0.1) is 0 Å². The summed E-state index contributed by atoms with van der Waals surface area (Å²) in [6.07, 6.45) is -5.15. The van der Waals surface area contributed by atoms with Gasteiger partial charge in [-0.15, -0.1) is 0 Å². The molecule has 5 N–H and O–H groups in total. The van der Waals surface area contributed by atoms with Gasteiger partial charge in [0.25, 0.3) is 5.91 Å². The Hall–Kier alpha value is -2.94. The van der Waals surface area contributed by atoms with Gasteiger partial charge in [-0.25, -0.2) is 10.8 Å². The van der Waals surface area contributed by atoms with Crippen LogP contribution in [0.3, 0.4) is 0 Å². The van der Waals surface area contributed by atoms with E-state index in [1.165, 1.54) is 0 Å². The van der Waals surface area contributed by atoms with E-state index in [9.17, 15) is 22.8 Å². The van der Waals surface area contributed by atoms with Gasteiger partial charge in [-0.05, 0) is 11.6 Å². The number of aromatic nitrogens is 1. The van der Waals surface area contributed by atoms with Crippen molar-refractivity contribution in [1.82, 2.24) is 10.4 Å². The van der Waals surface area contributed by atoms with E-state index in [1.54, 1.807) is 35.8 Å². The Labute approximate surface area is 134 Å². The highest BCUT2D eigenvalue weighted by atomic mass is 19.4. The van der Waals surface area contributed by atoms with E-state index in [0.717, 1.165) is 0 Å². The lowest BCUT2D eigenvalue weighted by Gasteiger charge is -2.14. The van der Waals surface area contributed by atoms with Crippen LogP contribution in [-0.2, 0) is 12.6 Å². The molecule has 0 aliphatic carbocycles. The number of amides is 1. The van der Waals surface area contributed by atoms with Crippen LogP contribution in [-0.4, -0.2) is 16.7 Å². The molecule has 0 unspecified atom stereocenters. The van der Waals surface area contributed by atoms with Gasteiger partial charge < -0.3 is 5.73 Å². The first-order valence-electron chi connectivity index (χ1n) is 6.69. The summed E-state index contributed by atoms with van der Waals surface area (Å²) in [6, 6.07) is 8.70. The van der Waals surface area contributed by atoms with Crippen LogP contribution in [0.2, 0.25) is 0 Å². The Bertz CT molecular complexity index is 776. The van der Waals surface area contributed by atoms with E-state index >= 15 is 0 Å². The number of hydrogen-bond acceptors (Lipinski definition) is 5. The quantitative estimate of drug-likeness (QED) is 0.340. The van der Waals surface area contributed by atoms with Gasteiger partial charge in [0.15, 0.2) is 11.5 Å². The highest BCUT2D eigenvalue weighted by Crippen LogP contribution is 2.33. The zero-order valence-electron chi connectivity index (χ0n) is 12.2. The van der Waals surface area contributed by atoms with Crippen LogP contribution in [0.1, 0.15) is 32.1 Å². The molecule has 0 radical (unpaired) electrons. The lowest BCUT2D eigenvalue weighted by atomic mass is 10.0. The Balaban J connectivity index is 2.52. The molecule has 0 aliphatic rings. The van der Waals surface area contributed by atoms with Crippen LogP contribution >= 0.6 is 0 Å². The number of benzene rings is 1. The second-order valence-corrected chi connectivity index (χ2v) is 4.88. The number of nitrogen functional groups attached to an aromatic ring is 2. The molecule has 0 fully saturated rings. The second-order valence-electron chi connectivity index (χ2n) is 4.88. The van der Waals surface area contributed by atoms with Gasteiger partial charge in [0.2, 0.25) is 0 Å². The summed E-state index contributed by atoms with van der Waals surface area (Å²) in [5.41, 5.74) is 4.42. The number of hydrazine groups is 1. The summed E-state index contributed by atoms with van der Waals surface area (Å²) >= 11 is 0. The molecule has 0 saturated heterocycles. The topological polar surface area (TPSA) is 111 Å². The van der Waals surface area contributed by atoms with E-state index < -0.39 is 40.5 Å². The number of anilines is 1. The minimum absolute atomic E-state index is 0.301. The van der Waals surface area contributed by atoms with Crippen molar-refractivity contribution in [3.8, 4) is 0 Å². The predicted octanol–water partition coefficient (Wildman–Crippen LogP) is 1.71. The van der Waals surface area contributed by atoms with Gasteiger partial charge in [0.1, 0.15) is 5.69 Å². The minimum Gasteiger partial charge on any atom is -0.397 e. The lowest BCUT2D eigenvalue weighted by Crippen LogP contribution is -2.32.